The lowest BCUT2D eigenvalue weighted by Crippen LogP contribution is -1.74. The van der Waals surface area contributed by atoms with Crippen molar-refractivity contribution >= 4 is 21.6 Å². The lowest BCUT2D eigenvalue weighted by Gasteiger charge is -1.87. The number of nitriles is 1. The highest BCUT2D eigenvalue weighted by Gasteiger charge is 2.00. The van der Waals surface area contributed by atoms with Gasteiger partial charge in [-0.25, -0.2) is 4.98 Å². The number of rotatable bonds is 0. The van der Waals surface area contributed by atoms with Gasteiger partial charge in [0.1, 0.15) is 6.07 Å². The van der Waals surface area contributed by atoms with Gasteiger partial charge in [0.15, 0.2) is 0 Å². The van der Waals surface area contributed by atoms with Crippen molar-refractivity contribution in [3.63, 3.8) is 0 Å². The number of para-hydroxylation sites is 1. The average molecular weight is 160 g/mol. The van der Waals surface area contributed by atoms with Gasteiger partial charge in [0, 0.05) is 0 Å². The van der Waals surface area contributed by atoms with E-state index < -0.39 is 0 Å². The summed E-state index contributed by atoms with van der Waals surface area (Å²) < 4.78 is 1.07. The molecule has 0 fully saturated rings. The summed E-state index contributed by atoms with van der Waals surface area (Å²) in [4.78, 5) is 4.09. The maximum absolute atomic E-state index is 8.67. The molecule has 1 heterocycles. The van der Waals surface area contributed by atoms with Crippen LogP contribution in [0.25, 0.3) is 10.2 Å². The van der Waals surface area contributed by atoms with E-state index in [1.165, 1.54) is 0 Å². The molecule has 0 spiro atoms. The van der Waals surface area contributed by atoms with E-state index in [0.29, 0.717) is 5.56 Å². The fraction of sp³-hybridized carbons (Fsp3) is 0. The molecule has 0 saturated carbocycles. The molecule has 0 saturated heterocycles. The maximum atomic E-state index is 8.67. The van der Waals surface area contributed by atoms with Crippen LogP contribution in [0, 0.1) is 11.3 Å². The van der Waals surface area contributed by atoms with E-state index in [9.17, 15) is 0 Å². The lowest BCUT2D eigenvalue weighted by molar-refractivity contribution is 1.45. The minimum absolute atomic E-state index is 0.656. The van der Waals surface area contributed by atoms with Crippen LogP contribution in [-0.2, 0) is 0 Å². The summed E-state index contributed by atoms with van der Waals surface area (Å²) in [6, 6.07) is 7.72. The molecule has 2 aromatic rings. The van der Waals surface area contributed by atoms with Crippen LogP contribution in [0.2, 0.25) is 0 Å². The van der Waals surface area contributed by atoms with Crippen molar-refractivity contribution < 1.29 is 0 Å². The van der Waals surface area contributed by atoms with E-state index in [0.717, 1.165) is 10.2 Å². The topological polar surface area (TPSA) is 36.7 Å². The third kappa shape index (κ3) is 0.883. The van der Waals surface area contributed by atoms with E-state index in [-0.39, 0.29) is 0 Å². The van der Waals surface area contributed by atoms with Crippen molar-refractivity contribution in [2.24, 2.45) is 0 Å². The minimum atomic E-state index is 0.656. The van der Waals surface area contributed by atoms with Gasteiger partial charge in [-0.15, -0.1) is 11.3 Å². The highest BCUT2D eigenvalue weighted by atomic mass is 32.1. The number of hydrogen-bond acceptors (Lipinski definition) is 3. The third-order valence-corrected chi connectivity index (χ3v) is 2.28. The van der Waals surface area contributed by atoms with Gasteiger partial charge in [0.25, 0.3) is 0 Å². The van der Waals surface area contributed by atoms with E-state index in [2.05, 4.69) is 11.1 Å². The Kier molecular flexibility index (Phi) is 1.34. The third-order valence-electron chi connectivity index (χ3n) is 1.48. The molecule has 1 aromatic heterocycles. The molecular formula is C8H4N2S. The summed E-state index contributed by atoms with van der Waals surface area (Å²) in [5.74, 6) is 0. The zero-order valence-electron chi connectivity index (χ0n) is 5.61. The first-order chi connectivity index (χ1) is 5.42. The van der Waals surface area contributed by atoms with Crippen molar-refractivity contribution in [1.82, 2.24) is 4.98 Å². The average Bonchev–Trinajstić information content (AvgIpc) is 2.50. The molecule has 3 heteroatoms. The van der Waals surface area contributed by atoms with Crippen molar-refractivity contribution in [3.05, 3.63) is 29.3 Å². The summed E-state index contributed by atoms with van der Waals surface area (Å²) >= 11 is 1.55. The Morgan fingerprint density at radius 3 is 3.18 bits per heavy atom. The van der Waals surface area contributed by atoms with Gasteiger partial charge in [-0.2, -0.15) is 5.26 Å². The first-order valence-electron chi connectivity index (χ1n) is 3.14. The Hall–Kier alpha value is -1.40. The van der Waals surface area contributed by atoms with Crippen LogP contribution >= 0.6 is 11.3 Å². The number of aromatic nitrogens is 1. The van der Waals surface area contributed by atoms with Gasteiger partial charge in [0.2, 0.25) is 0 Å². The summed E-state index contributed by atoms with van der Waals surface area (Å²) in [7, 11) is 0. The molecule has 0 aliphatic rings. The van der Waals surface area contributed by atoms with Gasteiger partial charge >= 0.3 is 0 Å². The standard InChI is InChI=1S/C8H4N2S/c9-4-6-2-1-3-7-8(6)10-5-11-7/h1-3,5H. The molecule has 0 aliphatic carbocycles. The zero-order valence-corrected chi connectivity index (χ0v) is 6.43. The Morgan fingerprint density at radius 1 is 1.45 bits per heavy atom. The van der Waals surface area contributed by atoms with Gasteiger partial charge in [-0.3, -0.25) is 0 Å². The smallest absolute Gasteiger partial charge is 0.101 e. The van der Waals surface area contributed by atoms with Gasteiger partial charge in [0.05, 0.1) is 21.3 Å². The summed E-state index contributed by atoms with van der Waals surface area (Å²) in [5, 5.41) is 8.67. The maximum Gasteiger partial charge on any atom is 0.101 e. The fourth-order valence-corrected chi connectivity index (χ4v) is 1.68. The van der Waals surface area contributed by atoms with Crippen molar-refractivity contribution in [2.75, 3.05) is 0 Å². The largest absolute Gasteiger partial charge is 0.243 e. The van der Waals surface area contributed by atoms with Crippen LogP contribution in [0.3, 0.4) is 0 Å². The molecule has 52 valence electrons. The zero-order chi connectivity index (χ0) is 7.68. The van der Waals surface area contributed by atoms with Gasteiger partial charge in [-0.05, 0) is 12.1 Å². The summed E-state index contributed by atoms with van der Waals surface area (Å²) in [6.45, 7) is 0. The molecular weight excluding hydrogens is 156 g/mol. The molecule has 0 unspecified atom stereocenters. The molecule has 2 nitrogen and oxygen atoms in total. The van der Waals surface area contributed by atoms with Crippen LogP contribution in [0.15, 0.2) is 23.7 Å². The summed E-state index contributed by atoms with van der Waals surface area (Å²) in [5.41, 5.74) is 3.23. The minimum Gasteiger partial charge on any atom is -0.243 e. The first kappa shape index (κ1) is 6.32. The molecule has 1 aromatic carbocycles. The van der Waals surface area contributed by atoms with E-state index >= 15 is 0 Å². The predicted octanol–water partition coefficient (Wildman–Crippen LogP) is 2.17. The molecule has 0 atom stereocenters. The Balaban J connectivity index is 2.92. The summed E-state index contributed by atoms with van der Waals surface area (Å²) in [6.07, 6.45) is 0. The Labute approximate surface area is 67.7 Å². The normalized spacial score (nSPS) is 9.73. The van der Waals surface area contributed by atoms with Crippen LogP contribution in [0.1, 0.15) is 5.56 Å². The second kappa shape index (κ2) is 2.33. The van der Waals surface area contributed by atoms with Crippen LogP contribution in [0.5, 0.6) is 0 Å². The number of thiazole rings is 1. The highest BCUT2D eigenvalue weighted by Crippen LogP contribution is 2.19. The second-order valence-corrected chi connectivity index (χ2v) is 3.00. The number of benzene rings is 1. The second-order valence-electron chi connectivity index (χ2n) is 2.12. The molecule has 0 amide bonds. The first-order valence-corrected chi connectivity index (χ1v) is 4.02. The monoisotopic (exact) mass is 160 g/mol. The molecule has 0 bridgehead atoms. The van der Waals surface area contributed by atoms with Crippen LogP contribution < -0.4 is 0 Å². The lowest BCUT2D eigenvalue weighted by atomic mass is 10.2. The molecule has 0 N–H and O–H groups in total. The number of nitrogens with zero attached hydrogens (tertiary/aromatic N) is 2. The van der Waals surface area contributed by atoms with Gasteiger partial charge < -0.3 is 0 Å². The van der Waals surface area contributed by atoms with E-state index in [1.807, 2.05) is 12.1 Å². The van der Waals surface area contributed by atoms with Crippen molar-refractivity contribution in [2.45, 2.75) is 0 Å². The predicted molar refractivity (Wildman–Crippen MR) is 44.3 cm³/mol. The molecule has 0 aliphatic heterocycles. The van der Waals surface area contributed by atoms with Crippen molar-refractivity contribution in [3.8, 4) is 6.07 Å². The van der Waals surface area contributed by atoms with Crippen LogP contribution in [0.4, 0.5) is 0 Å². The Morgan fingerprint density at radius 2 is 2.36 bits per heavy atom. The molecule has 2 rings (SSSR count). The number of hydrogen-bond donors (Lipinski definition) is 0. The quantitative estimate of drug-likeness (QED) is 0.592. The molecule has 11 heavy (non-hydrogen) atoms. The van der Waals surface area contributed by atoms with Crippen LogP contribution in [-0.4, -0.2) is 4.98 Å². The molecule has 0 radical (unpaired) electrons. The van der Waals surface area contributed by atoms with E-state index in [4.69, 9.17) is 5.26 Å². The highest BCUT2D eigenvalue weighted by molar-refractivity contribution is 7.16. The van der Waals surface area contributed by atoms with Crippen molar-refractivity contribution in [1.29, 1.82) is 5.26 Å². The Bertz CT molecular complexity index is 425. The SMILES string of the molecule is N#Cc1cccc2scnc12. The number of fused-ring (bicyclic) bond motifs is 1. The fourth-order valence-electron chi connectivity index (χ4n) is 0.977. The van der Waals surface area contributed by atoms with E-state index in [1.54, 1.807) is 22.9 Å². The van der Waals surface area contributed by atoms with Gasteiger partial charge in [-0.1, -0.05) is 6.07 Å².